The SMILES string of the molecule is CCNC(=NCCCCCCC(C)C)NCCOCCS(C)(=O)=O.I. The number of guanidine groups is 1. The summed E-state index contributed by atoms with van der Waals surface area (Å²) >= 11 is 0. The minimum absolute atomic E-state index is 0. The first kappa shape index (κ1) is 27.1. The zero-order valence-corrected chi connectivity index (χ0v) is 19.5. The molecule has 0 saturated carbocycles. The highest BCUT2D eigenvalue weighted by Crippen LogP contribution is 2.09. The summed E-state index contributed by atoms with van der Waals surface area (Å²) in [5.74, 6) is 1.66. The molecule has 2 N–H and O–H groups in total. The molecule has 0 aromatic heterocycles. The number of aliphatic imine (C=N–C) groups is 1. The first-order valence-electron chi connectivity index (χ1n) is 9.12. The van der Waals surface area contributed by atoms with Crippen LogP contribution in [0.15, 0.2) is 4.99 Å². The molecule has 152 valence electrons. The molecule has 0 aliphatic rings. The molecule has 8 heteroatoms. The van der Waals surface area contributed by atoms with Crippen LogP contribution in [0.5, 0.6) is 0 Å². The van der Waals surface area contributed by atoms with Crippen molar-refractivity contribution in [3.8, 4) is 0 Å². The van der Waals surface area contributed by atoms with Gasteiger partial charge in [0.25, 0.3) is 0 Å². The van der Waals surface area contributed by atoms with E-state index in [1.54, 1.807) is 0 Å². The van der Waals surface area contributed by atoms with Crippen molar-refractivity contribution in [3.05, 3.63) is 0 Å². The van der Waals surface area contributed by atoms with E-state index >= 15 is 0 Å². The van der Waals surface area contributed by atoms with Crippen molar-refractivity contribution in [3.63, 3.8) is 0 Å². The van der Waals surface area contributed by atoms with Crippen LogP contribution in [0.3, 0.4) is 0 Å². The summed E-state index contributed by atoms with van der Waals surface area (Å²) in [6.07, 6.45) is 7.46. The number of unbranched alkanes of at least 4 members (excludes halogenated alkanes) is 3. The summed E-state index contributed by atoms with van der Waals surface area (Å²) in [7, 11) is -2.94. The summed E-state index contributed by atoms with van der Waals surface area (Å²) in [5, 5.41) is 6.40. The number of nitrogens with one attached hydrogen (secondary N) is 2. The predicted molar refractivity (Wildman–Crippen MR) is 118 cm³/mol. The molecule has 0 radical (unpaired) electrons. The molecule has 0 aliphatic carbocycles. The van der Waals surface area contributed by atoms with Gasteiger partial charge in [0.15, 0.2) is 5.96 Å². The first-order valence-corrected chi connectivity index (χ1v) is 11.2. The molecule has 0 aromatic rings. The highest BCUT2D eigenvalue weighted by molar-refractivity contribution is 14.0. The second kappa shape index (κ2) is 17.3. The quantitative estimate of drug-likeness (QED) is 0.169. The molecular formula is C17H38IN3O3S. The lowest BCUT2D eigenvalue weighted by atomic mass is 10.0. The van der Waals surface area contributed by atoms with Crippen LogP contribution in [0, 0.1) is 5.92 Å². The highest BCUT2D eigenvalue weighted by atomic mass is 127. The fourth-order valence-corrected chi connectivity index (χ4v) is 2.53. The van der Waals surface area contributed by atoms with Crippen LogP contribution >= 0.6 is 24.0 Å². The van der Waals surface area contributed by atoms with Crippen LogP contribution < -0.4 is 10.6 Å². The molecule has 0 aromatic carbocycles. The second-order valence-electron chi connectivity index (χ2n) is 6.53. The van der Waals surface area contributed by atoms with Gasteiger partial charge in [0.2, 0.25) is 0 Å². The lowest BCUT2D eigenvalue weighted by Gasteiger charge is -2.11. The van der Waals surface area contributed by atoms with Gasteiger partial charge in [-0.15, -0.1) is 24.0 Å². The van der Waals surface area contributed by atoms with Crippen LogP contribution in [0.1, 0.15) is 52.9 Å². The molecule has 0 heterocycles. The molecule has 25 heavy (non-hydrogen) atoms. The summed E-state index contributed by atoms with van der Waals surface area (Å²) in [4.78, 5) is 4.55. The van der Waals surface area contributed by atoms with Crippen molar-refractivity contribution in [2.24, 2.45) is 10.9 Å². The van der Waals surface area contributed by atoms with Gasteiger partial charge < -0.3 is 15.4 Å². The Labute approximate surface area is 171 Å². The number of hydrogen-bond donors (Lipinski definition) is 2. The Balaban J connectivity index is 0. The zero-order valence-electron chi connectivity index (χ0n) is 16.3. The summed E-state index contributed by atoms with van der Waals surface area (Å²) in [6.45, 7) is 9.53. The number of halogens is 1. The fraction of sp³-hybridized carbons (Fsp3) is 0.941. The third kappa shape index (κ3) is 21.9. The number of hydrogen-bond acceptors (Lipinski definition) is 4. The minimum Gasteiger partial charge on any atom is -0.379 e. The van der Waals surface area contributed by atoms with Crippen molar-refractivity contribution in [2.75, 3.05) is 44.9 Å². The van der Waals surface area contributed by atoms with Gasteiger partial charge in [-0.2, -0.15) is 0 Å². The molecule has 0 bridgehead atoms. The Morgan fingerprint density at radius 1 is 1.08 bits per heavy atom. The van der Waals surface area contributed by atoms with Crippen LogP contribution in [-0.2, 0) is 14.6 Å². The summed E-state index contributed by atoms with van der Waals surface area (Å²) in [5.41, 5.74) is 0. The molecule has 0 aliphatic heterocycles. The Hall–Kier alpha value is -0.0900. The van der Waals surface area contributed by atoms with Crippen molar-refractivity contribution in [2.45, 2.75) is 52.9 Å². The largest absolute Gasteiger partial charge is 0.379 e. The van der Waals surface area contributed by atoms with E-state index in [0.29, 0.717) is 13.2 Å². The van der Waals surface area contributed by atoms with E-state index in [1.165, 1.54) is 31.9 Å². The molecule has 0 amide bonds. The second-order valence-corrected chi connectivity index (χ2v) is 8.79. The van der Waals surface area contributed by atoms with Crippen LogP contribution in [0.2, 0.25) is 0 Å². The molecular weight excluding hydrogens is 453 g/mol. The number of ether oxygens (including phenoxy) is 1. The summed E-state index contributed by atoms with van der Waals surface area (Å²) < 4.78 is 27.3. The third-order valence-corrected chi connectivity index (χ3v) is 4.35. The maximum absolute atomic E-state index is 11.0. The molecule has 0 saturated heterocycles. The molecule has 0 fully saturated rings. The smallest absolute Gasteiger partial charge is 0.191 e. The first-order chi connectivity index (χ1) is 11.3. The van der Waals surface area contributed by atoms with Gasteiger partial charge in [-0.05, 0) is 19.3 Å². The lowest BCUT2D eigenvalue weighted by molar-refractivity contribution is 0.154. The normalized spacial score (nSPS) is 12.1. The van der Waals surface area contributed by atoms with Gasteiger partial charge in [-0.1, -0.05) is 39.5 Å². The van der Waals surface area contributed by atoms with Crippen molar-refractivity contribution in [1.29, 1.82) is 0 Å². The predicted octanol–water partition coefficient (Wildman–Crippen LogP) is 2.83. The Morgan fingerprint density at radius 3 is 2.36 bits per heavy atom. The van der Waals surface area contributed by atoms with Gasteiger partial charge in [-0.25, -0.2) is 8.42 Å². The van der Waals surface area contributed by atoms with E-state index in [-0.39, 0.29) is 36.3 Å². The zero-order chi connectivity index (χ0) is 18.3. The van der Waals surface area contributed by atoms with E-state index in [2.05, 4.69) is 29.5 Å². The monoisotopic (exact) mass is 491 g/mol. The molecule has 0 spiro atoms. The van der Waals surface area contributed by atoms with E-state index in [0.717, 1.165) is 31.4 Å². The number of sulfone groups is 1. The Morgan fingerprint density at radius 2 is 1.76 bits per heavy atom. The van der Waals surface area contributed by atoms with Crippen LogP contribution in [0.4, 0.5) is 0 Å². The van der Waals surface area contributed by atoms with Gasteiger partial charge in [0.1, 0.15) is 9.84 Å². The Kier molecular flexibility index (Phi) is 18.8. The Bertz CT molecular complexity index is 429. The third-order valence-electron chi connectivity index (χ3n) is 3.44. The van der Waals surface area contributed by atoms with E-state index in [4.69, 9.17) is 4.74 Å². The van der Waals surface area contributed by atoms with Crippen molar-refractivity contribution < 1.29 is 13.2 Å². The molecule has 6 nitrogen and oxygen atoms in total. The maximum Gasteiger partial charge on any atom is 0.191 e. The minimum atomic E-state index is -2.94. The molecule has 0 unspecified atom stereocenters. The van der Waals surface area contributed by atoms with Crippen molar-refractivity contribution in [1.82, 2.24) is 10.6 Å². The van der Waals surface area contributed by atoms with Gasteiger partial charge >= 0.3 is 0 Å². The number of rotatable bonds is 14. The standard InChI is InChI=1S/C17H37N3O3S.HI/c1-5-18-17(19-11-9-7-6-8-10-16(2)3)20-12-13-23-14-15-24(4,21)22;/h16H,5-15H2,1-4H3,(H2,18,19,20);1H. The fourth-order valence-electron chi connectivity index (χ4n) is 2.10. The average Bonchev–Trinajstić information content (AvgIpc) is 2.48. The van der Waals surface area contributed by atoms with E-state index in [9.17, 15) is 8.42 Å². The molecule has 0 atom stereocenters. The lowest BCUT2D eigenvalue weighted by Crippen LogP contribution is -2.39. The van der Waals surface area contributed by atoms with E-state index in [1.807, 2.05) is 6.92 Å². The van der Waals surface area contributed by atoms with Crippen molar-refractivity contribution >= 4 is 39.8 Å². The van der Waals surface area contributed by atoms with Gasteiger partial charge in [0.05, 0.1) is 19.0 Å². The summed E-state index contributed by atoms with van der Waals surface area (Å²) in [6, 6.07) is 0. The van der Waals surface area contributed by atoms with Gasteiger partial charge in [-0.3, -0.25) is 4.99 Å². The number of nitrogens with zero attached hydrogens (tertiary/aromatic N) is 1. The van der Waals surface area contributed by atoms with Crippen LogP contribution in [-0.4, -0.2) is 59.2 Å². The van der Waals surface area contributed by atoms with Crippen LogP contribution in [0.25, 0.3) is 0 Å². The maximum atomic E-state index is 11.0. The molecule has 0 rings (SSSR count). The van der Waals surface area contributed by atoms with Gasteiger partial charge in [0, 0.05) is 25.9 Å². The highest BCUT2D eigenvalue weighted by Gasteiger charge is 2.01. The topological polar surface area (TPSA) is 79.8 Å². The average molecular weight is 491 g/mol. The van der Waals surface area contributed by atoms with E-state index < -0.39 is 9.84 Å².